The molecule has 1 aromatic carbocycles. The van der Waals surface area contributed by atoms with Crippen LogP contribution < -0.4 is 11.4 Å². The highest BCUT2D eigenvalue weighted by Crippen LogP contribution is 2.26. The van der Waals surface area contributed by atoms with Crippen molar-refractivity contribution in [2.75, 3.05) is 39.5 Å². The van der Waals surface area contributed by atoms with Crippen molar-refractivity contribution >= 4 is 33.9 Å². The van der Waals surface area contributed by atoms with Crippen LogP contribution in [0.1, 0.15) is 66.3 Å². The first-order valence-electron chi connectivity index (χ1n) is 13.6. The van der Waals surface area contributed by atoms with Crippen molar-refractivity contribution in [2.45, 2.75) is 66.3 Å². The Labute approximate surface area is 227 Å². The number of likely N-dealkylation sites (tertiary alicyclic amines) is 1. The molecule has 3 rings (SSSR count). The van der Waals surface area contributed by atoms with Crippen LogP contribution in [0.2, 0.25) is 0 Å². The van der Waals surface area contributed by atoms with Crippen molar-refractivity contribution in [1.29, 1.82) is 0 Å². The maximum Gasteiger partial charge on any atom is 0.326 e. The number of aliphatic imine (C=N–C) groups is 1. The van der Waals surface area contributed by atoms with Gasteiger partial charge in [-0.1, -0.05) is 65.1 Å². The number of nitrogens with zero attached hydrogens (tertiary/aromatic N) is 4. The van der Waals surface area contributed by atoms with Gasteiger partial charge in [-0.15, -0.1) is 0 Å². The number of imidazole rings is 1. The number of carbonyl (C=O) groups is 1. The van der Waals surface area contributed by atoms with Crippen LogP contribution >= 0.6 is 11.8 Å². The lowest BCUT2D eigenvalue weighted by atomic mass is 9.97. The summed E-state index contributed by atoms with van der Waals surface area (Å²) in [5.41, 5.74) is 8.21. The average molecular weight is 533 g/mol. The van der Waals surface area contributed by atoms with Crippen LogP contribution in [-0.2, 0) is 4.79 Å². The normalized spacial score (nSPS) is 15.0. The standard InChI is InChI=1S/C24H36N6O2S.2C2H6/c1-5-18(10-13-28(3)16-17(2)26-23(25)33-4)22(31)29-14-11-19(12-15-29)30-21-9-7-6-8-20(21)27-24(30)32;2*1-2/h6-9,18-19H,2,5,10-16H2,1,3-4H3,(H2,25,26)(H,27,32);2*1-2H3. The molecule has 0 aliphatic carbocycles. The Hall–Kier alpha value is -2.52. The molecule has 37 heavy (non-hydrogen) atoms. The van der Waals surface area contributed by atoms with E-state index in [0.717, 1.165) is 49.0 Å². The van der Waals surface area contributed by atoms with Gasteiger partial charge in [-0.2, -0.15) is 0 Å². The average Bonchev–Trinajstić information content (AvgIpc) is 3.26. The highest BCUT2D eigenvalue weighted by molar-refractivity contribution is 8.13. The smallest absolute Gasteiger partial charge is 0.326 e. The van der Waals surface area contributed by atoms with Crippen LogP contribution in [0.15, 0.2) is 46.3 Å². The largest absolute Gasteiger partial charge is 0.378 e. The molecule has 9 heteroatoms. The van der Waals surface area contributed by atoms with E-state index in [1.807, 2.05) is 74.7 Å². The number of rotatable bonds is 9. The molecule has 1 fully saturated rings. The zero-order chi connectivity index (χ0) is 28.0. The van der Waals surface area contributed by atoms with Gasteiger partial charge >= 0.3 is 5.69 Å². The Morgan fingerprint density at radius 3 is 2.46 bits per heavy atom. The van der Waals surface area contributed by atoms with Crippen LogP contribution in [0, 0.1) is 5.92 Å². The lowest BCUT2D eigenvalue weighted by Gasteiger charge is -2.35. The number of para-hydroxylation sites is 2. The van der Waals surface area contributed by atoms with Crippen molar-refractivity contribution in [3.8, 4) is 0 Å². The molecule has 0 bridgehead atoms. The quantitative estimate of drug-likeness (QED) is 0.346. The van der Waals surface area contributed by atoms with Gasteiger partial charge in [0.05, 0.1) is 16.7 Å². The van der Waals surface area contributed by atoms with Crippen molar-refractivity contribution in [1.82, 2.24) is 19.4 Å². The number of thioether (sulfide) groups is 1. The maximum absolute atomic E-state index is 13.2. The van der Waals surface area contributed by atoms with E-state index >= 15 is 0 Å². The Kier molecular flexibility index (Phi) is 15.0. The Morgan fingerprint density at radius 2 is 1.86 bits per heavy atom. The topological polar surface area (TPSA) is 99.7 Å². The number of aromatic amines is 1. The lowest BCUT2D eigenvalue weighted by Crippen LogP contribution is -2.43. The van der Waals surface area contributed by atoms with Gasteiger partial charge < -0.3 is 20.5 Å². The number of piperidine rings is 1. The molecule has 1 unspecified atom stereocenters. The van der Waals surface area contributed by atoms with Crippen LogP contribution in [0.3, 0.4) is 0 Å². The number of likely N-dealkylation sites (N-methyl/N-ethyl adjacent to an activating group) is 1. The second-order valence-corrected chi connectivity index (χ2v) is 9.55. The monoisotopic (exact) mass is 532 g/mol. The van der Waals surface area contributed by atoms with E-state index < -0.39 is 0 Å². The Bertz CT molecular complexity index is 1050. The predicted molar refractivity (Wildman–Crippen MR) is 160 cm³/mol. The van der Waals surface area contributed by atoms with Crippen molar-refractivity contribution in [3.63, 3.8) is 0 Å². The molecule has 1 aromatic heterocycles. The summed E-state index contributed by atoms with van der Waals surface area (Å²) in [4.78, 5) is 37.0. The minimum Gasteiger partial charge on any atom is -0.378 e. The number of amidine groups is 1. The minimum atomic E-state index is -0.0688. The van der Waals surface area contributed by atoms with Gasteiger partial charge in [0, 0.05) is 31.6 Å². The summed E-state index contributed by atoms with van der Waals surface area (Å²) in [5, 5.41) is 0.508. The van der Waals surface area contributed by atoms with Crippen LogP contribution in [0.25, 0.3) is 11.0 Å². The molecule has 2 heterocycles. The highest BCUT2D eigenvalue weighted by atomic mass is 32.2. The van der Waals surface area contributed by atoms with E-state index in [2.05, 4.69) is 28.4 Å². The van der Waals surface area contributed by atoms with E-state index in [-0.39, 0.29) is 23.6 Å². The molecule has 0 radical (unpaired) electrons. The summed E-state index contributed by atoms with van der Waals surface area (Å²) in [6.45, 7) is 16.8. The first-order valence-corrected chi connectivity index (χ1v) is 14.8. The molecule has 1 aliphatic rings. The number of aromatic nitrogens is 2. The SMILES string of the molecule is C=C(CN(C)CCC(CC)C(=O)N1CCC(n2c(=O)[nH]c3ccccc32)CC1)N=C(N)SC.CC.CC. The Balaban J connectivity index is 0.00000163. The molecule has 1 aliphatic heterocycles. The van der Waals surface area contributed by atoms with Gasteiger partial charge in [0.15, 0.2) is 5.17 Å². The van der Waals surface area contributed by atoms with E-state index in [4.69, 9.17) is 5.73 Å². The third-order valence-corrected chi connectivity index (χ3v) is 6.91. The molecule has 0 spiro atoms. The zero-order valence-electron chi connectivity index (χ0n) is 23.9. The van der Waals surface area contributed by atoms with Gasteiger partial charge in [-0.05, 0) is 57.7 Å². The fraction of sp³-hybridized carbons (Fsp3) is 0.607. The molecule has 208 valence electrons. The third-order valence-electron chi connectivity index (χ3n) is 6.40. The lowest BCUT2D eigenvalue weighted by molar-refractivity contribution is -0.137. The summed E-state index contributed by atoms with van der Waals surface area (Å²) in [5.74, 6) is 0.215. The number of nitrogens with one attached hydrogen (secondary N) is 1. The second kappa shape index (κ2) is 17.1. The molecule has 0 saturated carbocycles. The van der Waals surface area contributed by atoms with E-state index in [9.17, 15) is 9.59 Å². The van der Waals surface area contributed by atoms with Crippen molar-refractivity contribution in [3.05, 3.63) is 47.0 Å². The van der Waals surface area contributed by atoms with Crippen LogP contribution in [0.4, 0.5) is 0 Å². The number of carbonyl (C=O) groups excluding carboxylic acids is 1. The van der Waals surface area contributed by atoms with Gasteiger partial charge in [0.25, 0.3) is 0 Å². The van der Waals surface area contributed by atoms with Crippen molar-refractivity contribution < 1.29 is 4.79 Å². The number of hydrogen-bond acceptors (Lipinski definition) is 5. The number of H-pyrrole nitrogens is 1. The molecule has 1 saturated heterocycles. The highest BCUT2D eigenvalue weighted by Gasteiger charge is 2.29. The first-order chi connectivity index (χ1) is 17.8. The summed E-state index contributed by atoms with van der Waals surface area (Å²) in [6.07, 6.45) is 5.07. The van der Waals surface area contributed by atoms with E-state index in [1.165, 1.54) is 11.8 Å². The zero-order valence-corrected chi connectivity index (χ0v) is 24.7. The van der Waals surface area contributed by atoms with Gasteiger partial charge in [0.1, 0.15) is 0 Å². The fourth-order valence-corrected chi connectivity index (χ4v) is 4.77. The molecular formula is C28H48N6O2S. The summed E-state index contributed by atoms with van der Waals surface area (Å²) in [7, 11) is 2.01. The summed E-state index contributed by atoms with van der Waals surface area (Å²) in [6, 6.07) is 7.89. The first kappa shape index (κ1) is 32.5. The number of hydrogen-bond donors (Lipinski definition) is 2. The number of nitrogens with two attached hydrogens (primary N) is 1. The molecule has 2 aromatic rings. The molecular weight excluding hydrogens is 484 g/mol. The fourth-order valence-electron chi connectivity index (χ4n) is 4.55. The predicted octanol–water partition coefficient (Wildman–Crippen LogP) is 5.09. The Morgan fingerprint density at radius 1 is 1.24 bits per heavy atom. The van der Waals surface area contributed by atoms with Gasteiger partial charge in [-0.25, -0.2) is 9.79 Å². The number of fused-ring (bicyclic) bond motifs is 1. The van der Waals surface area contributed by atoms with E-state index in [1.54, 1.807) is 0 Å². The molecule has 1 atom stereocenters. The van der Waals surface area contributed by atoms with Crippen LogP contribution in [0.5, 0.6) is 0 Å². The molecule has 8 nitrogen and oxygen atoms in total. The second-order valence-electron chi connectivity index (χ2n) is 8.73. The summed E-state index contributed by atoms with van der Waals surface area (Å²) >= 11 is 1.40. The third kappa shape index (κ3) is 9.38. The van der Waals surface area contributed by atoms with Gasteiger partial charge in [0.2, 0.25) is 5.91 Å². The minimum absolute atomic E-state index is 0.00663. The van der Waals surface area contributed by atoms with E-state index in [0.29, 0.717) is 24.8 Å². The molecule has 1 amide bonds. The maximum atomic E-state index is 13.2. The number of amides is 1. The van der Waals surface area contributed by atoms with Crippen molar-refractivity contribution in [2.24, 2.45) is 16.6 Å². The van der Waals surface area contributed by atoms with Crippen LogP contribution in [-0.4, -0.2) is 69.9 Å². The number of benzene rings is 1. The summed E-state index contributed by atoms with van der Waals surface area (Å²) < 4.78 is 1.86. The van der Waals surface area contributed by atoms with Gasteiger partial charge in [-0.3, -0.25) is 9.36 Å². The molecule has 3 N–H and O–H groups in total.